The molecule has 2 aromatic carbocycles. The lowest BCUT2D eigenvalue weighted by Gasteiger charge is -2.40. The van der Waals surface area contributed by atoms with Gasteiger partial charge in [-0.15, -0.1) is 0 Å². The number of aromatic nitrogens is 1. The van der Waals surface area contributed by atoms with Crippen molar-refractivity contribution in [2.45, 2.75) is 97.3 Å². The second kappa shape index (κ2) is 16.8. The molecule has 1 aliphatic rings. The molecule has 284 valence electrons. The molecular formula is C41H47F4N3O4S. The number of nitrogens with one attached hydrogen (secondary N) is 3. The van der Waals surface area contributed by atoms with Crippen LogP contribution in [-0.2, 0) is 46.4 Å². The predicted molar refractivity (Wildman–Crippen MR) is 200 cm³/mol. The zero-order chi connectivity index (χ0) is 38.5. The van der Waals surface area contributed by atoms with Crippen molar-refractivity contribution in [2.24, 2.45) is 23.7 Å². The second-order valence-corrected chi connectivity index (χ2v) is 14.9. The number of para-hydroxylation sites is 1. The van der Waals surface area contributed by atoms with E-state index in [-0.39, 0.29) is 73.0 Å². The largest absolute Gasteiger partial charge is 0.467 e. The molecule has 3 N–H and O–H groups in total. The zero-order valence-corrected chi connectivity index (χ0v) is 31.3. The first-order valence-electron chi connectivity index (χ1n) is 18.3. The van der Waals surface area contributed by atoms with E-state index in [1.165, 1.54) is 24.3 Å². The average Bonchev–Trinajstić information content (AvgIpc) is 3.79. The Kier molecular flexibility index (Phi) is 12.6. The van der Waals surface area contributed by atoms with Gasteiger partial charge in [-0.05, 0) is 60.1 Å². The Labute approximate surface area is 312 Å². The fraction of sp³-hybridized carbons (Fsp3) is 0.463. The summed E-state index contributed by atoms with van der Waals surface area (Å²) in [7, 11) is 0. The van der Waals surface area contributed by atoms with Crippen molar-refractivity contribution in [1.82, 2.24) is 15.6 Å². The summed E-state index contributed by atoms with van der Waals surface area (Å²) in [5.74, 6) is -2.45. The molecule has 1 aliphatic carbocycles. The molecule has 2 heterocycles. The van der Waals surface area contributed by atoms with Crippen molar-refractivity contribution in [2.75, 3.05) is 0 Å². The number of amides is 1. The van der Waals surface area contributed by atoms with E-state index in [9.17, 15) is 31.9 Å². The monoisotopic (exact) mass is 753 g/mol. The van der Waals surface area contributed by atoms with E-state index in [0.29, 0.717) is 46.8 Å². The van der Waals surface area contributed by atoms with Gasteiger partial charge in [0.1, 0.15) is 22.9 Å². The van der Waals surface area contributed by atoms with Crippen LogP contribution in [0.15, 0.2) is 65.3 Å². The molecule has 1 amide bonds. The molecule has 0 saturated heterocycles. The van der Waals surface area contributed by atoms with Crippen LogP contribution in [0.4, 0.5) is 17.6 Å². The molecule has 2 unspecified atom stereocenters. The van der Waals surface area contributed by atoms with Crippen molar-refractivity contribution < 1.29 is 36.4 Å². The molecule has 0 fully saturated rings. The Morgan fingerprint density at radius 2 is 1.68 bits per heavy atom. The van der Waals surface area contributed by atoms with Crippen molar-refractivity contribution >= 4 is 45.6 Å². The van der Waals surface area contributed by atoms with Crippen LogP contribution >= 0.6 is 12.2 Å². The predicted octanol–water partition coefficient (Wildman–Crippen LogP) is 8.87. The van der Waals surface area contributed by atoms with Crippen molar-refractivity contribution in [3.8, 4) is 0 Å². The maximum atomic E-state index is 14.9. The molecule has 0 bridgehead atoms. The third-order valence-corrected chi connectivity index (χ3v) is 11.5. The number of halogens is 4. The molecule has 5 rings (SSSR count). The number of fused-ring (bicyclic) bond motifs is 3. The number of aryl methyl sites for hydroxylation is 1. The quantitative estimate of drug-likeness (QED) is 0.0781. The first-order valence-corrected chi connectivity index (χ1v) is 18.7. The smallest absolute Gasteiger partial charge is 0.418 e. The summed E-state index contributed by atoms with van der Waals surface area (Å²) >= 11 is 5.83. The summed E-state index contributed by atoms with van der Waals surface area (Å²) in [6, 6.07) is 13.5. The molecule has 0 radical (unpaired) electrons. The fourth-order valence-corrected chi connectivity index (χ4v) is 7.80. The molecule has 0 aliphatic heterocycles. The van der Waals surface area contributed by atoms with Gasteiger partial charge >= 0.3 is 6.18 Å². The molecular weight excluding hydrogens is 707 g/mol. The number of hydrogen-bond acceptors (Lipinski definition) is 5. The van der Waals surface area contributed by atoms with Gasteiger partial charge < -0.3 is 20.0 Å². The summed E-state index contributed by atoms with van der Waals surface area (Å²) in [6.07, 6.45) is -1.83. The first kappa shape index (κ1) is 39.9. The van der Waals surface area contributed by atoms with Gasteiger partial charge in [0.25, 0.3) is 0 Å². The van der Waals surface area contributed by atoms with E-state index < -0.39 is 40.8 Å². The number of ketones is 2. The van der Waals surface area contributed by atoms with Crippen LogP contribution < -0.4 is 10.6 Å². The highest BCUT2D eigenvalue weighted by atomic mass is 32.1. The Balaban J connectivity index is 1.49. The standard InChI is InChI=1S/C41H47F4N3O4S/c1-5-24(3)30(20-27(49)19-26-11-7-8-15-34(26)42)38(51)48-40(36(50)21-31(25(4)6-2)39(53)46-23-28-12-10-18-52-28)17-16-35-32(22-40)29-13-9-14-33(37(29)47-35)41(43,44)45/h7-15,18,24-25,30-31,47H,5-6,16-17,19-23H2,1-4H3,(H,46,53)(H,48,51)/t24?,25?,30-,31-,40+/m0/s1. The Morgan fingerprint density at radius 1 is 0.962 bits per heavy atom. The normalized spacial score (nSPS) is 18.1. The van der Waals surface area contributed by atoms with Gasteiger partial charge in [-0.1, -0.05) is 83.1 Å². The zero-order valence-electron chi connectivity index (χ0n) is 30.5. The minimum Gasteiger partial charge on any atom is -0.467 e. The summed E-state index contributed by atoms with van der Waals surface area (Å²) in [6.45, 7) is 8.08. The highest BCUT2D eigenvalue weighted by Gasteiger charge is 2.46. The Morgan fingerprint density at radius 3 is 2.34 bits per heavy atom. The summed E-state index contributed by atoms with van der Waals surface area (Å²) in [5, 5.41) is 6.66. The fourth-order valence-electron chi connectivity index (χ4n) is 7.41. The number of carbonyl (C=O) groups excluding carboxylic acids is 3. The molecule has 4 aromatic rings. The molecule has 12 heteroatoms. The average molecular weight is 754 g/mol. The number of aromatic amines is 1. The van der Waals surface area contributed by atoms with Gasteiger partial charge in [-0.3, -0.25) is 14.4 Å². The van der Waals surface area contributed by atoms with Crippen LogP contribution in [-0.4, -0.2) is 33.0 Å². The summed E-state index contributed by atoms with van der Waals surface area (Å²) < 4.78 is 62.1. The minimum absolute atomic E-state index is 0.0197. The molecule has 0 spiro atoms. The van der Waals surface area contributed by atoms with Crippen LogP contribution in [0.1, 0.15) is 87.9 Å². The Bertz CT molecular complexity index is 1940. The van der Waals surface area contributed by atoms with Crippen molar-refractivity contribution in [3.05, 3.63) is 94.8 Å². The van der Waals surface area contributed by atoms with Crippen molar-refractivity contribution in [3.63, 3.8) is 0 Å². The van der Waals surface area contributed by atoms with E-state index in [1.54, 1.807) is 24.5 Å². The van der Waals surface area contributed by atoms with Gasteiger partial charge in [0.15, 0.2) is 5.78 Å². The third kappa shape index (κ3) is 9.08. The van der Waals surface area contributed by atoms with Gasteiger partial charge in [0.2, 0.25) is 5.91 Å². The molecule has 53 heavy (non-hydrogen) atoms. The van der Waals surface area contributed by atoms with E-state index in [1.807, 2.05) is 33.8 Å². The van der Waals surface area contributed by atoms with Gasteiger partial charge in [0, 0.05) is 48.6 Å². The molecule has 0 saturated carbocycles. The maximum Gasteiger partial charge on any atom is 0.418 e. The molecule has 7 nitrogen and oxygen atoms in total. The number of thiocarbonyl (C=S) groups is 1. The SMILES string of the molecule is CCC(C)[C@H](CC(=O)Cc1ccccc1F)C(=O)N[C@]1(C(=O)C[C@H](C(=S)NCc2ccco2)C(C)CC)CCc2[nH]c3c(C(F)(F)F)cccc3c2C1. The maximum absolute atomic E-state index is 14.9. The summed E-state index contributed by atoms with van der Waals surface area (Å²) in [4.78, 5) is 46.1. The molecule has 2 aromatic heterocycles. The number of furan rings is 1. The van der Waals surface area contributed by atoms with E-state index in [0.717, 1.165) is 6.07 Å². The highest BCUT2D eigenvalue weighted by Crippen LogP contribution is 2.41. The van der Waals surface area contributed by atoms with Crippen molar-refractivity contribution in [1.29, 1.82) is 0 Å². The third-order valence-electron chi connectivity index (χ3n) is 11.1. The van der Waals surface area contributed by atoms with Crippen LogP contribution in [0, 0.1) is 29.5 Å². The van der Waals surface area contributed by atoms with E-state index in [2.05, 4.69) is 15.6 Å². The topological polar surface area (TPSA) is 104 Å². The lowest BCUT2D eigenvalue weighted by atomic mass is 9.72. The van der Waals surface area contributed by atoms with Gasteiger partial charge in [-0.2, -0.15) is 13.2 Å². The molecule has 5 atom stereocenters. The number of benzene rings is 2. The number of alkyl halides is 3. The first-order chi connectivity index (χ1) is 25.2. The van der Waals surface area contributed by atoms with Gasteiger partial charge in [-0.25, -0.2) is 4.39 Å². The number of Topliss-reactive ketones (excluding diaryl/α,β-unsaturated/α-hetero) is 2. The van der Waals surface area contributed by atoms with Crippen LogP contribution in [0.3, 0.4) is 0 Å². The lowest BCUT2D eigenvalue weighted by Crippen LogP contribution is -2.60. The highest BCUT2D eigenvalue weighted by molar-refractivity contribution is 7.80. The van der Waals surface area contributed by atoms with E-state index in [4.69, 9.17) is 16.6 Å². The lowest BCUT2D eigenvalue weighted by molar-refractivity contribution is -0.137. The van der Waals surface area contributed by atoms with Gasteiger partial charge in [0.05, 0.1) is 28.9 Å². The number of carbonyl (C=O) groups is 3. The van der Waals surface area contributed by atoms with Crippen LogP contribution in [0.2, 0.25) is 0 Å². The van der Waals surface area contributed by atoms with Crippen LogP contribution in [0.5, 0.6) is 0 Å². The minimum atomic E-state index is -4.60. The number of H-pyrrole nitrogens is 1. The number of hydrogen-bond donors (Lipinski definition) is 3. The van der Waals surface area contributed by atoms with Crippen LogP contribution in [0.25, 0.3) is 10.9 Å². The number of rotatable bonds is 16. The second-order valence-electron chi connectivity index (χ2n) is 14.5. The summed E-state index contributed by atoms with van der Waals surface area (Å²) in [5.41, 5.74) is -0.993. The van der Waals surface area contributed by atoms with E-state index >= 15 is 0 Å². The Hall–Kier alpha value is -4.32.